The van der Waals surface area contributed by atoms with E-state index in [1.807, 2.05) is 34.9 Å². The van der Waals surface area contributed by atoms with Gasteiger partial charge in [-0.25, -0.2) is 4.98 Å². The number of hydrogen-bond acceptors (Lipinski definition) is 4. The third-order valence-corrected chi connectivity index (χ3v) is 5.12. The van der Waals surface area contributed by atoms with Gasteiger partial charge in [0.15, 0.2) is 0 Å². The molecule has 4 rings (SSSR count). The summed E-state index contributed by atoms with van der Waals surface area (Å²) in [6.45, 7) is 2.98. The lowest BCUT2D eigenvalue weighted by Gasteiger charge is -2.10. The van der Waals surface area contributed by atoms with Crippen molar-refractivity contribution in [3.63, 3.8) is 0 Å². The molecule has 5 heteroatoms. The van der Waals surface area contributed by atoms with E-state index < -0.39 is 0 Å². The molecule has 134 valence electrons. The number of benzene rings is 1. The molecule has 27 heavy (non-hydrogen) atoms. The van der Waals surface area contributed by atoms with E-state index in [0.29, 0.717) is 16.9 Å². The lowest BCUT2D eigenvalue weighted by molar-refractivity contribution is 0.484. The quantitative estimate of drug-likeness (QED) is 0.700. The zero-order chi connectivity index (χ0) is 18.8. The van der Waals surface area contributed by atoms with Crippen LogP contribution in [0.4, 0.5) is 0 Å². The zero-order valence-electron chi connectivity index (χ0n) is 15.2. The third-order valence-electron chi connectivity index (χ3n) is 5.12. The Morgan fingerprint density at radius 2 is 2.11 bits per heavy atom. The minimum atomic E-state index is 0.0583. The fourth-order valence-electron chi connectivity index (χ4n) is 3.47. The van der Waals surface area contributed by atoms with Gasteiger partial charge in [0.25, 0.3) is 5.56 Å². The summed E-state index contributed by atoms with van der Waals surface area (Å²) in [6.07, 6.45) is 8.35. The van der Waals surface area contributed by atoms with Crippen LogP contribution in [0.1, 0.15) is 42.4 Å². The Kier molecular flexibility index (Phi) is 4.55. The number of pyridine rings is 1. The standard InChI is InChI=1S/C22H20N4O/c1-15-2-7-21-25-20-13-16(3-5-18-12-17(14-23)8-10-24-18)4-6-19(20)22(27)26(21)11-9-15/h3-6,8,10,12-13,15H,2,7,9,11H2,1H3/b5-3+. The highest BCUT2D eigenvalue weighted by atomic mass is 16.1. The van der Waals surface area contributed by atoms with Crippen LogP contribution in [0.3, 0.4) is 0 Å². The Hall–Kier alpha value is -3.26. The lowest BCUT2D eigenvalue weighted by Crippen LogP contribution is -2.24. The number of hydrogen-bond donors (Lipinski definition) is 0. The van der Waals surface area contributed by atoms with Gasteiger partial charge in [-0.2, -0.15) is 5.26 Å². The summed E-state index contributed by atoms with van der Waals surface area (Å²) in [6, 6.07) is 11.2. The summed E-state index contributed by atoms with van der Waals surface area (Å²) in [7, 11) is 0. The second-order valence-electron chi connectivity index (χ2n) is 7.11. The molecule has 3 heterocycles. The summed E-state index contributed by atoms with van der Waals surface area (Å²) in [5, 5.41) is 9.65. The van der Waals surface area contributed by atoms with Gasteiger partial charge in [-0.3, -0.25) is 14.3 Å². The molecule has 0 N–H and O–H groups in total. The number of aromatic nitrogens is 3. The van der Waals surface area contributed by atoms with E-state index >= 15 is 0 Å². The normalized spacial score (nSPS) is 16.8. The predicted molar refractivity (Wildman–Crippen MR) is 106 cm³/mol. The van der Waals surface area contributed by atoms with E-state index in [2.05, 4.69) is 18.0 Å². The van der Waals surface area contributed by atoms with Crippen molar-refractivity contribution in [2.75, 3.05) is 0 Å². The molecule has 0 saturated carbocycles. The highest BCUT2D eigenvalue weighted by molar-refractivity contribution is 5.82. The molecule has 3 aromatic rings. The van der Waals surface area contributed by atoms with Gasteiger partial charge in [0, 0.05) is 19.2 Å². The molecular weight excluding hydrogens is 336 g/mol. The van der Waals surface area contributed by atoms with Crippen LogP contribution in [0.5, 0.6) is 0 Å². The number of aryl methyl sites for hydroxylation is 1. The highest BCUT2D eigenvalue weighted by Crippen LogP contribution is 2.20. The van der Waals surface area contributed by atoms with Gasteiger partial charge < -0.3 is 0 Å². The van der Waals surface area contributed by atoms with Crippen LogP contribution in [-0.4, -0.2) is 14.5 Å². The number of rotatable bonds is 2. The maximum atomic E-state index is 12.9. The molecule has 0 fully saturated rings. The van der Waals surface area contributed by atoms with Crippen molar-refractivity contribution in [2.24, 2.45) is 5.92 Å². The Balaban J connectivity index is 1.71. The average molecular weight is 356 g/mol. The second-order valence-corrected chi connectivity index (χ2v) is 7.11. The van der Waals surface area contributed by atoms with Gasteiger partial charge in [-0.05, 0) is 54.7 Å². The lowest BCUT2D eigenvalue weighted by atomic mass is 10.0. The van der Waals surface area contributed by atoms with Crippen molar-refractivity contribution in [1.82, 2.24) is 14.5 Å². The summed E-state index contributed by atoms with van der Waals surface area (Å²) in [5.74, 6) is 1.51. The largest absolute Gasteiger partial charge is 0.296 e. The van der Waals surface area contributed by atoms with Crippen molar-refractivity contribution >= 4 is 23.1 Å². The first-order valence-electron chi connectivity index (χ1n) is 9.22. The Bertz CT molecular complexity index is 1140. The van der Waals surface area contributed by atoms with E-state index in [0.717, 1.165) is 48.4 Å². The third kappa shape index (κ3) is 3.52. The predicted octanol–water partition coefficient (Wildman–Crippen LogP) is 3.81. The average Bonchev–Trinajstić information content (AvgIpc) is 2.88. The van der Waals surface area contributed by atoms with E-state index in [4.69, 9.17) is 10.2 Å². The first-order chi connectivity index (χ1) is 13.1. The molecule has 1 unspecified atom stereocenters. The molecule has 1 aliphatic rings. The molecule has 5 nitrogen and oxygen atoms in total. The first-order valence-corrected chi connectivity index (χ1v) is 9.22. The first kappa shape index (κ1) is 17.2. The highest BCUT2D eigenvalue weighted by Gasteiger charge is 2.16. The van der Waals surface area contributed by atoms with E-state index in [9.17, 15) is 4.79 Å². The van der Waals surface area contributed by atoms with E-state index in [1.54, 1.807) is 18.3 Å². The van der Waals surface area contributed by atoms with Crippen molar-refractivity contribution in [1.29, 1.82) is 5.26 Å². The maximum Gasteiger partial charge on any atom is 0.261 e. The second kappa shape index (κ2) is 7.16. The van der Waals surface area contributed by atoms with Gasteiger partial charge in [0.05, 0.1) is 28.2 Å². The van der Waals surface area contributed by atoms with E-state index in [-0.39, 0.29) is 5.56 Å². The van der Waals surface area contributed by atoms with Crippen LogP contribution in [0.2, 0.25) is 0 Å². The summed E-state index contributed by atoms with van der Waals surface area (Å²) in [5.41, 5.74) is 3.04. The summed E-state index contributed by atoms with van der Waals surface area (Å²) in [4.78, 5) is 21.9. The molecule has 2 aromatic heterocycles. The molecule has 0 radical (unpaired) electrons. The summed E-state index contributed by atoms with van der Waals surface area (Å²) < 4.78 is 1.85. The monoisotopic (exact) mass is 356 g/mol. The minimum Gasteiger partial charge on any atom is -0.296 e. The maximum absolute atomic E-state index is 12.9. The Morgan fingerprint density at radius 3 is 2.96 bits per heavy atom. The summed E-state index contributed by atoms with van der Waals surface area (Å²) >= 11 is 0. The molecular formula is C22H20N4O. The molecule has 0 bridgehead atoms. The number of fused-ring (bicyclic) bond motifs is 2. The fraction of sp³-hybridized carbons (Fsp3) is 0.273. The molecule has 1 atom stereocenters. The van der Waals surface area contributed by atoms with Crippen molar-refractivity contribution in [3.8, 4) is 6.07 Å². The molecule has 1 aliphatic heterocycles. The van der Waals surface area contributed by atoms with Gasteiger partial charge in [-0.15, -0.1) is 0 Å². The van der Waals surface area contributed by atoms with Gasteiger partial charge in [0.1, 0.15) is 5.82 Å². The minimum absolute atomic E-state index is 0.0583. The van der Waals surface area contributed by atoms with Gasteiger partial charge in [0.2, 0.25) is 0 Å². The topological polar surface area (TPSA) is 71.6 Å². The van der Waals surface area contributed by atoms with Gasteiger partial charge >= 0.3 is 0 Å². The van der Waals surface area contributed by atoms with Crippen LogP contribution >= 0.6 is 0 Å². The number of nitrogens with zero attached hydrogens (tertiary/aromatic N) is 4. The van der Waals surface area contributed by atoms with Crippen molar-refractivity contribution in [3.05, 3.63) is 69.5 Å². The smallest absolute Gasteiger partial charge is 0.261 e. The van der Waals surface area contributed by atoms with E-state index in [1.165, 1.54) is 0 Å². The fourth-order valence-corrected chi connectivity index (χ4v) is 3.47. The molecule has 0 aliphatic carbocycles. The molecule has 0 amide bonds. The Morgan fingerprint density at radius 1 is 1.22 bits per heavy atom. The Labute approximate surface area is 157 Å². The van der Waals surface area contributed by atoms with Crippen LogP contribution < -0.4 is 5.56 Å². The molecule has 0 saturated heterocycles. The SMILES string of the molecule is CC1CCc2nc3cc(/C=C/c4cc(C#N)ccn4)ccc3c(=O)n2CC1. The van der Waals surface area contributed by atoms with Crippen LogP contribution in [0, 0.1) is 17.2 Å². The zero-order valence-corrected chi connectivity index (χ0v) is 15.2. The van der Waals surface area contributed by atoms with Crippen molar-refractivity contribution < 1.29 is 0 Å². The molecule has 0 spiro atoms. The van der Waals surface area contributed by atoms with Crippen molar-refractivity contribution in [2.45, 2.75) is 32.7 Å². The van der Waals surface area contributed by atoms with Crippen LogP contribution in [-0.2, 0) is 13.0 Å². The van der Waals surface area contributed by atoms with Gasteiger partial charge in [-0.1, -0.05) is 19.1 Å². The molecule has 1 aromatic carbocycles. The van der Waals surface area contributed by atoms with Crippen LogP contribution in [0.15, 0.2) is 41.3 Å². The number of nitriles is 1. The van der Waals surface area contributed by atoms with Crippen LogP contribution in [0.25, 0.3) is 23.1 Å².